The molecule has 1 atom stereocenters. The molecule has 0 aliphatic heterocycles. The number of carbonyl (C=O) groups excluding carboxylic acids is 1. The predicted molar refractivity (Wildman–Crippen MR) is 70.3 cm³/mol. The van der Waals surface area contributed by atoms with Gasteiger partial charge in [-0.1, -0.05) is 0 Å². The monoisotopic (exact) mass is 262 g/mol. The molecule has 1 unspecified atom stereocenters. The molecule has 0 saturated carbocycles. The molecule has 0 saturated heterocycles. The number of aryl methyl sites for hydroxylation is 1. The standard InChI is InChI=1S/C14H18N2O3/c17-11-12(13-5-4-10-19-13)15-14(18)6-3-9-16-7-1-2-8-16/h1-2,4-5,7-8,10,12,17H,3,6,9,11H2,(H,15,18). The van der Waals surface area contributed by atoms with Crippen molar-refractivity contribution in [1.29, 1.82) is 0 Å². The van der Waals surface area contributed by atoms with Gasteiger partial charge in [-0.2, -0.15) is 0 Å². The number of hydrogen-bond donors (Lipinski definition) is 2. The molecular weight excluding hydrogens is 244 g/mol. The van der Waals surface area contributed by atoms with E-state index in [2.05, 4.69) is 5.32 Å². The van der Waals surface area contributed by atoms with Crippen molar-refractivity contribution in [2.75, 3.05) is 6.61 Å². The molecule has 2 aromatic rings. The number of aliphatic hydroxyl groups excluding tert-OH is 1. The van der Waals surface area contributed by atoms with Crippen molar-refractivity contribution in [2.24, 2.45) is 0 Å². The van der Waals surface area contributed by atoms with Crippen LogP contribution in [0.5, 0.6) is 0 Å². The topological polar surface area (TPSA) is 67.4 Å². The summed E-state index contributed by atoms with van der Waals surface area (Å²) in [6.45, 7) is 0.641. The summed E-state index contributed by atoms with van der Waals surface area (Å²) in [5.74, 6) is 0.490. The van der Waals surface area contributed by atoms with Gasteiger partial charge < -0.3 is 19.4 Å². The maximum absolute atomic E-state index is 11.8. The predicted octanol–water partition coefficient (Wildman–Crippen LogP) is 1.71. The van der Waals surface area contributed by atoms with Gasteiger partial charge in [0.15, 0.2) is 0 Å². The Kier molecular flexibility index (Phi) is 4.80. The van der Waals surface area contributed by atoms with Gasteiger partial charge in [0, 0.05) is 25.4 Å². The van der Waals surface area contributed by atoms with Gasteiger partial charge >= 0.3 is 0 Å². The average Bonchev–Trinajstić information content (AvgIpc) is 3.08. The van der Waals surface area contributed by atoms with Gasteiger partial charge in [0.1, 0.15) is 11.8 Å². The Morgan fingerprint density at radius 2 is 2.16 bits per heavy atom. The minimum atomic E-state index is -0.464. The van der Waals surface area contributed by atoms with Crippen LogP contribution < -0.4 is 5.32 Å². The normalized spacial score (nSPS) is 12.3. The Bertz CT molecular complexity index is 477. The highest BCUT2D eigenvalue weighted by Crippen LogP contribution is 2.12. The Balaban J connectivity index is 1.74. The number of hydrogen-bond acceptors (Lipinski definition) is 3. The second-order valence-corrected chi connectivity index (χ2v) is 4.34. The molecule has 1 amide bonds. The number of carbonyl (C=O) groups is 1. The van der Waals surface area contributed by atoms with Crippen LogP contribution in [0.4, 0.5) is 0 Å². The van der Waals surface area contributed by atoms with Crippen LogP contribution in [-0.2, 0) is 11.3 Å². The molecule has 0 aliphatic carbocycles. The lowest BCUT2D eigenvalue weighted by Gasteiger charge is -2.13. The molecule has 0 spiro atoms. The van der Waals surface area contributed by atoms with E-state index >= 15 is 0 Å². The summed E-state index contributed by atoms with van der Waals surface area (Å²) < 4.78 is 7.20. The molecular formula is C14H18N2O3. The zero-order chi connectivity index (χ0) is 13.5. The highest BCUT2D eigenvalue weighted by atomic mass is 16.3. The number of rotatable bonds is 7. The molecule has 2 N–H and O–H groups in total. The summed E-state index contributed by atoms with van der Waals surface area (Å²) in [6, 6.07) is 6.92. The largest absolute Gasteiger partial charge is 0.467 e. The second kappa shape index (κ2) is 6.80. The molecule has 0 radical (unpaired) electrons. The first kappa shape index (κ1) is 13.4. The Morgan fingerprint density at radius 3 is 2.79 bits per heavy atom. The molecule has 0 aliphatic rings. The van der Waals surface area contributed by atoms with Crippen molar-refractivity contribution in [3.05, 3.63) is 48.7 Å². The lowest BCUT2D eigenvalue weighted by molar-refractivity contribution is -0.122. The van der Waals surface area contributed by atoms with Gasteiger partial charge in [0.25, 0.3) is 0 Å². The van der Waals surface area contributed by atoms with Crippen molar-refractivity contribution in [1.82, 2.24) is 9.88 Å². The number of nitrogens with one attached hydrogen (secondary N) is 1. The minimum Gasteiger partial charge on any atom is -0.467 e. The first-order valence-corrected chi connectivity index (χ1v) is 6.34. The van der Waals surface area contributed by atoms with Crippen molar-refractivity contribution in [3.8, 4) is 0 Å². The number of aliphatic hydroxyl groups is 1. The quantitative estimate of drug-likeness (QED) is 0.798. The first-order valence-electron chi connectivity index (χ1n) is 6.34. The highest BCUT2D eigenvalue weighted by Gasteiger charge is 2.15. The number of nitrogens with zero attached hydrogens (tertiary/aromatic N) is 1. The van der Waals surface area contributed by atoms with Crippen molar-refractivity contribution < 1.29 is 14.3 Å². The molecule has 2 rings (SSSR count). The Morgan fingerprint density at radius 1 is 1.37 bits per heavy atom. The molecule has 2 aromatic heterocycles. The van der Waals surface area contributed by atoms with Crippen molar-refractivity contribution in [3.63, 3.8) is 0 Å². The average molecular weight is 262 g/mol. The lowest BCUT2D eigenvalue weighted by Crippen LogP contribution is -2.30. The third-order valence-corrected chi connectivity index (χ3v) is 2.89. The smallest absolute Gasteiger partial charge is 0.220 e. The zero-order valence-electron chi connectivity index (χ0n) is 10.7. The fraction of sp³-hybridized carbons (Fsp3) is 0.357. The fourth-order valence-electron chi connectivity index (χ4n) is 1.90. The van der Waals surface area contributed by atoms with Crippen LogP contribution in [0.3, 0.4) is 0 Å². The summed E-state index contributed by atoms with van der Waals surface area (Å²) in [7, 11) is 0. The molecule has 0 fully saturated rings. The molecule has 5 heteroatoms. The van der Waals surface area contributed by atoms with E-state index in [1.807, 2.05) is 29.1 Å². The van der Waals surface area contributed by atoms with Gasteiger partial charge in [-0.25, -0.2) is 0 Å². The van der Waals surface area contributed by atoms with E-state index in [0.29, 0.717) is 12.2 Å². The number of amides is 1. The molecule has 102 valence electrons. The zero-order valence-corrected chi connectivity index (χ0v) is 10.7. The van der Waals surface area contributed by atoms with Crippen LogP contribution in [0.1, 0.15) is 24.6 Å². The van der Waals surface area contributed by atoms with Gasteiger partial charge in [0.2, 0.25) is 5.91 Å². The van der Waals surface area contributed by atoms with Crippen molar-refractivity contribution in [2.45, 2.75) is 25.4 Å². The van der Waals surface area contributed by atoms with Crippen LogP contribution in [0.2, 0.25) is 0 Å². The molecule has 5 nitrogen and oxygen atoms in total. The summed E-state index contributed by atoms with van der Waals surface area (Å²) in [5.41, 5.74) is 0. The van der Waals surface area contributed by atoms with Gasteiger partial charge in [-0.05, 0) is 30.7 Å². The van der Waals surface area contributed by atoms with Gasteiger partial charge in [-0.3, -0.25) is 4.79 Å². The van der Waals surface area contributed by atoms with Crippen molar-refractivity contribution >= 4 is 5.91 Å². The second-order valence-electron chi connectivity index (χ2n) is 4.34. The minimum absolute atomic E-state index is 0.0809. The highest BCUT2D eigenvalue weighted by molar-refractivity contribution is 5.76. The summed E-state index contributed by atoms with van der Waals surface area (Å²) >= 11 is 0. The lowest BCUT2D eigenvalue weighted by atomic mass is 10.2. The maximum atomic E-state index is 11.8. The van der Waals surface area contributed by atoms with Gasteiger partial charge in [0.05, 0.1) is 12.9 Å². The number of furan rings is 1. The van der Waals surface area contributed by atoms with E-state index in [4.69, 9.17) is 4.42 Å². The van der Waals surface area contributed by atoms with E-state index in [9.17, 15) is 9.90 Å². The third-order valence-electron chi connectivity index (χ3n) is 2.89. The van der Waals surface area contributed by atoms with E-state index in [-0.39, 0.29) is 12.5 Å². The van der Waals surface area contributed by atoms with E-state index in [1.165, 1.54) is 6.26 Å². The van der Waals surface area contributed by atoms with E-state index in [0.717, 1.165) is 13.0 Å². The first-order chi connectivity index (χ1) is 9.29. The number of aromatic nitrogens is 1. The van der Waals surface area contributed by atoms with Crippen LogP contribution in [0, 0.1) is 0 Å². The van der Waals surface area contributed by atoms with Crippen LogP contribution in [0.25, 0.3) is 0 Å². The molecule has 0 bridgehead atoms. The van der Waals surface area contributed by atoms with Gasteiger partial charge in [-0.15, -0.1) is 0 Å². The van der Waals surface area contributed by atoms with E-state index < -0.39 is 6.04 Å². The SMILES string of the molecule is O=C(CCCn1cccc1)NC(CO)c1ccco1. The summed E-state index contributed by atoms with van der Waals surface area (Å²) in [4.78, 5) is 11.8. The molecule has 0 aromatic carbocycles. The van der Waals surface area contributed by atoms with Crippen LogP contribution in [-0.4, -0.2) is 22.2 Å². The fourth-order valence-corrected chi connectivity index (χ4v) is 1.90. The summed E-state index contributed by atoms with van der Waals surface area (Å²) in [5, 5.41) is 12.0. The Labute approximate surface area is 111 Å². The van der Waals surface area contributed by atoms with Crippen LogP contribution >= 0.6 is 0 Å². The maximum Gasteiger partial charge on any atom is 0.220 e. The van der Waals surface area contributed by atoms with E-state index in [1.54, 1.807) is 12.1 Å². The third kappa shape index (κ3) is 3.99. The summed E-state index contributed by atoms with van der Waals surface area (Å²) in [6.07, 6.45) is 6.65. The van der Waals surface area contributed by atoms with Crippen LogP contribution in [0.15, 0.2) is 47.3 Å². The molecule has 19 heavy (non-hydrogen) atoms. The Hall–Kier alpha value is -2.01. The molecule has 2 heterocycles.